The van der Waals surface area contributed by atoms with Crippen LogP contribution in [-0.4, -0.2) is 36.6 Å². The van der Waals surface area contributed by atoms with Crippen LogP contribution in [0.2, 0.25) is 0 Å². The van der Waals surface area contributed by atoms with Crippen molar-refractivity contribution in [3.8, 4) is 0 Å². The summed E-state index contributed by atoms with van der Waals surface area (Å²) in [7, 11) is 0. The third-order valence-corrected chi connectivity index (χ3v) is 4.41. The Bertz CT molecular complexity index is 205. The summed E-state index contributed by atoms with van der Waals surface area (Å²) in [5.41, 5.74) is 0. The number of hydrogen-bond donors (Lipinski definition) is 1. The SMILES string of the molecule is CCCCCNCC(C)N1CC2CCC1C2. The molecule has 2 fully saturated rings. The summed E-state index contributed by atoms with van der Waals surface area (Å²) in [5.74, 6) is 1.03. The molecule has 0 spiro atoms. The maximum atomic E-state index is 3.61. The number of likely N-dealkylation sites (tertiary alicyclic amines) is 1. The standard InChI is InChI=1S/C14H28N2/c1-3-4-5-8-15-10-12(2)16-11-13-6-7-14(16)9-13/h12-15H,3-11H2,1-2H3. The van der Waals surface area contributed by atoms with Crippen molar-refractivity contribution in [1.29, 1.82) is 0 Å². The van der Waals surface area contributed by atoms with Gasteiger partial charge in [0.05, 0.1) is 0 Å². The van der Waals surface area contributed by atoms with E-state index in [1.807, 2.05) is 0 Å². The fourth-order valence-electron chi connectivity index (χ4n) is 3.43. The van der Waals surface area contributed by atoms with Crippen molar-refractivity contribution >= 4 is 0 Å². The third kappa shape index (κ3) is 2.98. The van der Waals surface area contributed by atoms with Crippen LogP contribution in [0.1, 0.15) is 52.4 Å². The van der Waals surface area contributed by atoms with Gasteiger partial charge >= 0.3 is 0 Å². The average molecular weight is 224 g/mol. The molecule has 94 valence electrons. The first-order valence-electron chi connectivity index (χ1n) is 7.27. The topological polar surface area (TPSA) is 15.3 Å². The van der Waals surface area contributed by atoms with Crippen molar-refractivity contribution in [2.45, 2.75) is 64.5 Å². The number of rotatable bonds is 7. The molecule has 0 amide bonds. The summed E-state index contributed by atoms with van der Waals surface area (Å²) in [6.45, 7) is 8.44. The van der Waals surface area contributed by atoms with E-state index in [0.717, 1.165) is 18.0 Å². The van der Waals surface area contributed by atoms with Crippen LogP contribution in [0, 0.1) is 5.92 Å². The van der Waals surface area contributed by atoms with Gasteiger partial charge in [-0.05, 0) is 45.1 Å². The van der Waals surface area contributed by atoms with E-state index in [1.54, 1.807) is 0 Å². The highest BCUT2D eigenvalue weighted by molar-refractivity contribution is 4.94. The van der Waals surface area contributed by atoms with E-state index in [0.29, 0.717) is 0 Å². The van der Waals surface area contributed by atoms with Crippen LogP contribution in [0.15, 0.2) is 0 Å². The molecule has 3 atom stereocenters. The van der Waals surface area contributed by atoms with E-state index in [4.69, 9.17) is 0 Å². The molecule has 0 radical (unpaired) electrons. The molecular formula is C14H28N2. The Morgan fingerprint density at radius 3 is 2.81 bits per heavy atom. The number of unbranched alkanes of at least 4 members (excludes halogenated alkanes) is 2. The van der Waals surface area contributed by atoms with Gasteiger partial charge in [0.1, 0.15) is 0 Å². The second-order valence-corrected chi connectivity index (χ2v) is 5.79. The van der Waals surface area contributed by atoms with Crippen LogP contribution < -0.4 is 5.32 Å². The second-order valence-electron chi connectivity index (χ2n) is 5.79. The number of hydrogen-bond acceptors (Lipinski definition) is 2. The number of nitrogens with zero attached hydrogens (tertiary/aromatic N) is 1. The summed E-state index contributed by atoms with van der Waals surface area (Å²) < 4.78 is 0. The van der Waals surface area contributed by atoms with E-state index in [2.05, 4.69) is 24.1 Å². The Kier molecular flexibility index (Phi) is 4.66. The van der Waals surface area contributed by atoms with Crippen molar-refractivity contribution < 1.29 is 0 Å². The molecule has 1 heterocycles. The Morgan fingerprint density at radius 2 is 2.19 bits per heavy atom. The van der Waals surface area contributed by atoms with Gasteiger partial charge in [0.25, 0.3) is 0 Å². The predicted molar refractivity (Wildman–Crippen MR) is 69.7 cm³/mol. The van der Waals surface area contributed by atoms with Crippen molar-refractivity contribution in [2.24, 2.45) is 5.92 Å². The minimum absolute atomic E-state index is 0.747. The Morgan fingerprint density at radius 1 is 1.31 bits per heavy atom. The van der Waals surface area contributed by atoms with Gasteiger partial charge in [0.2, 0.25) is 0 Å². The average Bonchev–Trinajstić information content (AvgIpc) is 2.90. The summed E-state index contributed by atoms with van der Waals surface area (Å²) >= 11 is 0. The minimum Gasteiger partial charge on any atom is -0.315 e. The smallest absolute Gasteiger partial charge is 0.0195 e. The Hall–Kier alpha value is -0.0800. The molecule has 0 aromatic rings. The molecule has 0 aromatic carbocycles. The molecule has 16 heavy (non-hydrogen) atoms. The first-order chi connectivity index (χ1) is 7.81. The largest absolute Gasteiger partial charge is 0.315 e. The third-order valence-electron chi connectivity index (χ3n) is 4.41. The van der Waals surface area contributed by atoms with Crippen LogP contribution in [0.4, 0.5) is 0 Å². The molecule has 1 aliphatic carbocycles. The van der Waals surface area contributed by atoms with E-state index in [-0.39, 0.29) is 0 Å². The van der Waals surface area contributed by atoms with Gasteiger partial charge < -0.3 is 5.32 Å². The van der Waals surface area contributed by atoms with Gasteiger partial charge in [-0.3, -0.25) is 4.90 Å². The quantitative estimate of drug-likeness (QED) is 0.669. The maximum absolute atomic E-state index is 3.61. The van der Waals surface area contributed by atoms with Crippen LogP contribution in [0.25, 0.3) is 0 Å². The molecule has 2 bridgehead atoms. The van der Waals surface area contributed by atoms with Crippen molar-refractivity contribution in [3.63, 3.8) is 0 Å². The zero-order valence-electron chi connectivity index (χ0n) is 11.0. The first kappa shape index (κ1) is 12.4. The van der Waals surface area contributed by atoms with E-state index in [9.17, 15) is 0 Å². The highest BCUT2D eigenvalue weighted by Crippen LogP contribution is 2.38. The fraction of sp³-hybridized carbons (Fsp3) is 1.00. The van der Waals surface area contributed by atoms with Gasteiger partial charge in [-0.25, -0.2) is 0 Å². The monoisotopic (exact) mass is 224 g/mol. The summed E-state index contributed by atoms with van der Waals surface area (Å²) in [6, 6.07) is 1.68. The van der Waals surface area contributed by atoms with Crippen molar-refractivity contribution in [3.05, 3.63) is 0 Å². The molecule has 1 N–H and O–H groups in total. The lowest BCUT2D eigenvalue weighted by Gasteiger charge is -2.32. The molecular weight excluding hydrogens is 196 g/mol. The lowest BCUT2D eigenvalue weighted by molar-refractivity contribution is 0.157. The summed E-state index contributed by atoms with van der Waals surface area (Å²) in [6.07, 6.45) is 8.49. The Balaban J connectivity index is 1.59. The molecule has 2 aliphatic rings. The fourth-order valence-corrected chi connectivity index (χ4v) is 3.43. The van der Waals surface area contributed by atoms with E-state index in [1.165, 1.54) is 58.2 Å². The molecule has 1 saturated carbocycles. The van der Waals surface area contributed by atoms with Gasteiger partial charge in [-0.1, -0.05) is 19.8 Å². The molecule has 1 aliphatic heterocycles. The number of nitrogens with one attached hydrogen (secondary N) is 1. The van der Waals surface area contributed by atoms with E-state index >= 15 is 0 Å². The predicted octanol–water partition coefficient (Wildman–Crippen LogP) is 2.64. The van der Waals surface area contributed by atoms with Crippen LogP contribution in [0.5, 0.6) is 0 Å². The van der Waals surface area contributed by atoms with Gasteiger partial charge in [0, 0.05) is 25.2 Å². The molecule has 2 heteroatoms. The molecule has 3 unspecified atom stereocenters. The molecule has 2 nitrogen and oxygen atoms in total. The zero-order valence-corrected chi connectivity index (χ0v) is 11.0. The van der Waals surface area contributed by atoms with E-state index < -0.39 is 0 Å². The number of fused-ring (bicyclic) bond motifs is 2. The van der Waals surface area contributed by atoms with Crippen molar-refractivity contribution in [2.75, 3.05) is 19.6 Å². The first-order valence-corrected chi connectivity index (χ1v) is 7.27. The maximum Gasteiger partial charge on any atom is 0.0195 e. The molecule has 2 rings (SSSR count). The highest BCUT2D eigenvalue weighted by atomic mass is 15.2. The molecule has 1 saturated heterocycles. The van der Waals surface area contributed by atoms with Gasteiger partial charge in [-0.2, -0.15) is 0 Å². The van der Waals surface area contributed by atoms with Gasteiger partial charge in [-0.15, -0.1) is 0 Å². The van der Waals surface area contributed by atoms with Crippen molar-refractivity contribution in [1.82, 2.24) is 10.2 Å². The lowest BCUT2D eigenvalue weighted by Crippen LogP contribution is -2.44. The lowest BCUT2D eigenvalue weighted by atomic mass is 10.1. The van der Waals surface area contributed by atoms with Gasteiger partial charge in [0.15, 0.2) is 0 Å². The summed E-state index contributed by atoms with van der Waals surface area (Å²) in [5, 5.41) is 3.61. The summed E-state index contributed by atoms with van der Waals surface area (Å²) in [4.78, 5) is 2.75. The normalized spacial score (nSPS) is 31.1. The Labute approximate surface area is 101 Å². The zero-order chi connectivity index (χ0) is 11.4. The molecule has 0 aromatic heterocycles. The minimum atomic E-state index is 0.747. The van der Waals surface area contributed by atoms with Crippen LogP contribution >= 0.6 is 0 Å². The van der Waals surface area contributed by atoms with Crippen LogP contribution in [-0.2, 0) is 0 Å². The van der Waals surface area contributed by atoms with Crippen LogP contribution in [0.3, 0.4) is 0 Å². The number of piperidine rings is 1. The second kappa shape index (κ2) is 6.02. The highest BCUT2D eigenvalue weighted by Gasteiger charge is 2.39.